The van der Waals surface area contributed by atoms with Crippen molar-refractivity contribution < 1.29 is 9.53 Å². The zero-order valence-electron chi connectivity index (χ0n) is 10.2. The molecular weight excluding hydrogens is 282 g/mol. The van der Waals surface area contributed by atoms with Gasteiger partial charge in [-0.1, -0.05) is 48.0 Å². The molecule has 0 fully saturated rings. The second kappa shape index (κ2) is 6.64. The van der Waals surface area contributed by atoms with Crippen molar-refractivity contribution in [1.29, 1.82) is 0 Å². The van der Waals surface area contributed by atoms with E-state index >= 15 is 0 Å². The number of amides is 1. The van der Waals surface area contributed by atoms with Gasteiger partial charge in [0.25, 0.3) is 0 Å². The Morgan fingerprint density at radius 1 is 1.29 bits per heavy atom. The highest BCUT2D eigenvalue weighted by atomic mass is 79.9. The molecule has 1 N–H and O–H groups in total. The summed E-state index contributed by atoms with van der Waals surface area (Å²) in [6.07, 6.45) is 1.17. The van der Waals surface area contributed by atoms with E-state index in [4.69, 9.17) is 4.74 Å². The van der Waals surface area contributed by atoms with Gasteiger partial charge in [-0.2, -0.15) is 0 Å². The van der Waals surface area contributed by atoms with Gasteiger partial charge in [-0.3, -0.25) is 5.32 Å². The molecule has 0 unspecified atom stereocenters. The fourth-order valence-electron chi connectivity index (χ4n) is 1.47. The highest BCUT2D eigenvalue weighted by Crippen LogP contribution is 2.23. The number of hydrogen-bond acceptors (Lipinski definition) is 2. The second-order valence-electron chi connectivity index (χ2n) is 3.90. The Labute approximate surface area is 111 Å². The van der Waals surface area contributed by atoms with Gasteiger partial charge in [-0.05, 0) is 25.0 Å². The summed E-state index contributed by atoms with van der Waals surface area (Å²) in [7, 11) is 0. The van der Waals surface area contributed by atoms with Crippen LogP contribution in [0.1, 0.15) is 26.7 Å². The average molecular weight is 300 g/mol. The van der Waals surface area contributed by atoms with Crippen LogP contribution in [-0.4, -0.2) is 17.0 Å². The molecule has 0 saturated carbocycles. The fraction of sp³-hybridized carbons (Fsp3) is 0.462. The van der Waals surface area contributed by atoms with Gasteiger partial charge in [0.05, 0.1) is 0 Å². The van der Waals surface area contributed by atoms with Gasteiger partial charge in [0, 0.05) is 11.0 Å². The summed E-state index contributed by atoms with van der Waals surface area (Å²) in [5, 5.41) is 3.37. The number of carbonyl (C=O) groups is 1. The van der Waals surface area contributed by atoms with Crippen LogP contribution in [0.25, 0.3) is 0 Å². The molecule has 4 heteroatoms. The molecule has 0 saturated heterocycles. The molecule has 0 aliphatic heterocycles. The SMILES string of the molecule is CCC(CC)(CBr)OC(=O)Nc1ccccc1. The number of benzene rings is 1. The van der Waals surface area contributed by atoms with E-state index in [0.717, 1.165) is 18.5 Å². The molecule has 0 aliphatic carbocycles. The summed E-state index contributed by atoms with van der Waals surface area (Å²) >= 11 is 3.40. The van der Waals surface area contributed by atoms with E-state index in [0.29, 0.717) is 5.33 Å². The van der Waals surface area contributed by atoms with Gasteiger partial charge < -0.3 is 4.74 Å². The molecule has 0 heterocycles. The first kappa shape index (κ1) is 14.0. The summed E-state index contributed by atoms with van der Waals surface area (Å²) in [5.41, 5.74) is 0.326. The lowest BCUT2D eigenvalue weighted by molar-refractivity contribution is 0.0330. The van der Waals surface area contributed by atoms with Gasteiger partial charge in [0.15, 0.2) is 0 Å². The minimum absolute atomic E-state index is 0.403. The van der Waals surface area contributed by atoms with E-state index < -0.39 is 11.7 Å². The van der Waals surface area contributed by atoms with Crippen LogP contribution in [0.4, 0.5) is 10.5 Å². The second-order valence-corrected chi connectivity index (χ2v) is 4.47. The predicted octanol–water partition coefficient (Wildman–Crippen LogP) is 4.19. The number of hydrogen-bond donors (Lipinski definition) is 1. The van der Waals surface area contributed by atoms with Crippen molar-refractivity contribution in [2.45, 2.75) is 32.3 Å². The largest absolute Gasteiger partial charge is 0.442 e. The van der Waals surface area contributed by atoms with Crippen LogP contribution in [0.15, 0.2) is 30.3 Å². The molecule has 0 spiro atoms. The zero-order chi connectivity index (χ0) is 12.7. The van der Waals surface area contributed by atoms with Crippen LogP contribution in [-0.2, 0) is 4.74 Å². The summed E-state index contributed by atoms with van der Waals surface area (Å²) < 4.78 is 5.49. The van der Waals surface area contributed by atoms with E-state index in [9.17, 15) is 4.79 Å². The number of halogens is 1. The van der Waals surface area contributed by atoms with E-state index in [1.54, 1.807) is 0 Å². The Morgan fingerprint density at radius 2 is 1.88 bits per heavy atom. The lowest BCUT2D eigenvalue weighted by atomic mass is 10.0. The molecule has 1 aromatic carbocycles. The Balaban J connectivity index is 2.60. The first-order valence-corrected chi connectivity index (χ1v) is 6.89. The van der Waals surface area contributed by atoms with Crippen molar-refractivity contribution >= 4 is 27.7 Å². The number of ether oxygens (including phenoxy) is 1. The predicted molar refractivity (Wildman–Crippen MR) is 73.7 cm³/mol. The maximum absolute atomic E-state index is 11.8. The molecule has 0 atom stereocenters. The lowest BCUT2D eigenvalue weighted by Gasteiger charge is -2.29. The van der Waals surface area contributed by atoms with Gasteiger partial charge in [0.2, 0.25) is 0 Å². The van der Waals surface area contributed by atoms with Crippen molar-refractivity contribution in [3.63, 3.8) is 0 Å². The van der Waals surface area contributed by atoms with Crippen LogP contribution in [0.2, 0.25) is 0 Å². The smallest absolute Gasteiger partial charge is 0.412 e. The molecule has 3 nitrogen and oxygen atoms in total. The third kappa shape index (κ3) is 4.04. The summed E-state index contributed by atoms with van der Waals surface area (Å²) in [5.74, 6) is 0. The number of carbonyl (C=O) groups excluding carboxylic acids is 1. The van der Waals surface area contributed by atoms with Gasteiger partial charge in [-0.25, -0.2) is 4.79 Å². The number of anilines is 1. The van der Waals surface area contributed by atoms with Gasteiger partial charge >= 0.3 is 6.09 Å². The Kier molecular flexibility index (Phi) is 5.48. The van der Waals surface area contributed by atoms with E-state index in [2.05, 4.69) is 21.2 Å². The number of nitrogens with one attached hydrogen (secondary N) is 1. The van der Waals surface area contributed by atoms with Crippen LogP contribution >= 0.6 is 15.9 Å². The maximum atomic E-state index is 11.8. The molecule has 0 radical (unpaired) electrons. The first-order chi connectivity index (χ1) is 8.15. The molecule has 17 heavy (non-hydrogen) atoms. The van der Waals surface area contributed by atoms with Crippen LogP contribution in [0.3, 0.4) is 0 Å². The minimum Gasteiger partial charge on any atom is -0.442 e. The first-order valence-electron chi connectivity index (χ1n) is 5.77. The van der Waals surface area contributed by atoms with Crippen LogP contribution in [0, 0.1) is 0 Å². The number of rotatable bonds is 5. The summed E-state index contributed by atoms with van der Waals surface area (Å²) in [4.78, 5) is 11.8. The fourth-order valence-corrected chi connectivity index (χ4v) is 2.38. The number of para-hydroxylation sites is 1. The van der Waals surface area contributed by atoms with Crippen LogP contribution in [0.5, 0.6) is 0 Å². The molecular formula is C13H18BrNO2. The minimum atomic E-state index is -0.418. The average Bonchev–Trinajstić information content (AvgIpc) is 2.37. The maximum Gasteiger partial charge on any atom is 0.412 e. The highest BCUT2D eigenvalue weighted by molar-refractivity contribution is 9.09. The van der Waals surface area contributed by atoms with Gasteiger partial charge in [0.1, 0.15) is 5.60 Å². The van der Waals surface area contributed by atoms with E-state index in [1.165, 1.54) is 0 Å². The van der Waals surface area contributed by atoms with Crippen molar-refractivity contribution in [2.75, 3.05) is 10.6 Å². The monoisotopic (exact) mass is 299 g/mol. The van der Waals surface area contributed by atoms with Crippen molar-refractivity contribution in [1.82, 2.24) is 0 Å². The Bertz CT molecular complexity index is 341. The third-order valence-corrected chi connectivity index (χ3v) is 3.88. The summed E-state index contributed by atoms with van der Waals surface area (Å²) in [6.45, 7) is 4.03. The molecule has 0 aliphatic rings. The Morgan fingerprint density at radius 3 is 2.35 bits per heavy atom. The normalized spacial score (nSPS) is 11.0. The highest BCUT2D eigenvalue weighted by Gasteiger charge is 2.29. The van der Waals surface area contributed by atoms with Gasteiger partial charge in [-0.15, -0.1) is 0 Å². The van der Waals surface area contributed by atoms with Crippen molar-refractivity contribution in [3.05, 3.63) is 30.3 Å². The molecule has 94 valence electrons. The molecule has 1 rings (SSSR count). The van der Waals surface area contributed by atoms with E-state index in [-0.39, 0.29) is 0 Å². The van der Waals surface area contributed by atoms with Crippen molar-refractivity contribution in [2.24, 2.45) is 0 Å². The topological polar surface area (TPSA) is 38.3 Å². The molecule has 1 aromatic rings. The van der Waals surface area contributed by atoms with E-state index in [1.807, 2.05) is 44.2 Å². The standard InChI is InChI=1S/C13H18BrNO2/c1-3-13(4-2,10-14)17-12(16)15-11-8-6-5-7-9-11/h5-9H,3-4,10H2,1-2H3,(H,15,16). The molecule has 0 bridgehead atoms. The zero-order valence-corrected chi connectivity index (χ0v) is 11.8. The number of alkyl halides is 1. The third-order valence-electron chi connectivity index (χ3n) is 2.86. The van der Waals surface area contributed by atoms with Crippen LogP contribution < -0.4 is 5.32 Å². The summed E-state index contributed by atoms with van der Waals surface area (Å²) in [6, 6.07) is 9.29. The quantitative estimate of drug-likeness (QED) is 0.828. The lowest BCUT2D eigenvalue weighted by Crippen LogP contribution is -2.37. The molecule has 1 amide bonds. The molecule has 0 aromatic heterocycles. The van der Waals surface area contributed by atoms with Crippen molar-refractivity contribution in [3.8, 4) is 0 Å². The Hall–Kier alpha value is -1.03.